The molecular formula is C16H24N2O2. The van der Waals surface area contributed by atoms with Gasteiger partial charge in [-0.05, 0) is 35.3 Å². The lowest BCUT2D eigenvalue weighted by Crippen LogP contribution is -2.39. The van der Waals surface area contributed by atoms with Gasteiger partial charge in [0.25, 0.3) is 0 Å². The summed E-state index contributed by atoms with van der Waals surface area (Å²) in [5, 5.41) is 15.0. The molecule has 1 saturated carbocycles. The smallest absolute Gasteiger partial charge is 0.315 e. The normalized spacial score (nSPS) is 16.0. The van der Waals surface area contributed by atoms with E-state index in [1.807, 2.05) is 24.3 Å². The van der Waals surface area contributed by atoms with Crippen LogP contribution < -0.4 is 10.6 Å². The molecule has 0 bridgehead atoms. The van der Waals surface area contributed by atoms with E-state index in [4.69, 9.17) is 0 Å². The number of carbonyl (C=O) groups excluding carboxylic acids is 1. The number of aliphatic hydroxyl groups is 1. The molecular weight excluding hydrogens is 252 g/mol. The van der Waals surface area contributed by atoms with Gasteiger partial charge < -0.3 is 15.7 Å². The first kappa shape index (κ1) is 14.9. The predicted molar refractivity (Wildman–Crippen MR) is 79.1 cm³/mol. The van der Waals surface area contributed by atoms with Gasteiger partial charge in [0.05, 0.1) is 6.61 Å². The second-order valence-electron chi connectivity index (χ2n) is 5.98. The predicted octanol–water partition coefficient (Wildman–Crippen LogP) is 2.41. The van der Waals surface area contributed by atoms with Crippen LogP contribution in [0, 0.1) is 11.3 Å². The van der Waals surface area contributed by atoms with E-state index in [0.29, 0.717) is 17.9 Å². The lowest BCUT2D eigenvalue weighted by Gasteiger charge is -2.20. The summed E-state index contributed by atoms with van der Waals surface area (Å²) >= 11 is 0. The molecule has 2 amide bonds. The summed E-state index contributed by atoms with van der Waals surface area (Å²) < 4.78 is 0. The number of benzene rings is 1. The van der Waals surface area contributed by atoms with E-state index in [0.717, 1.165) is 17.7 Å². The van der Waals surface area contributed by atoms with Gasteiger partial charge in [-0.3, -0.25) is 0 Å². The third-order valence-corrected chi connectivity index (χ3v) is 4.45. The van der Waals surface area contributed by atoms with Crippen molar-refractivity contribution in [2.45, 2.75) is 39.8 Å². The van der Waals surface area contributed by atoms with Crippen molar-refractivity contribution < 1.29 is 9.90 Å². The van der Waals surface area contributed by atoms with E-state index in [1.165, 1.54) is 12.8 Å². The molecule has 3 N–H and O–H groups in total. The molecule has 4 heteroatoms. The standard InChI is InChI=1S/C16H24N2O2/c1-12(2)16(7-8-16)11-18-15(20)17-9-13-5-3-4-6-14(13)10-19/h3-6,12,19H,7-11H2,1-2H3,(H2,17,18,20). The molecule has 0 aromatic heterocycles. The molecule has 20 heavy (non-hydrogen) atoms. The van der Waals surface area contributed by atoms with E-state index in [1.54, 1.807) is 0 Å². The highest BCUT2D eigenvalue weighted by molar-refractivity contribution is 5.74. The Morgan fingerprint density at radius 1 is 1.25 bits per heavy atom. The molecule has 0 unspecified atom stereocenters. The van der Waals surface area contributed by atoms with Crippen molar-refractivity contribution in [1.82, 2.24) is 10.6 Å². The zero-order chi connectivity index (χ0) is 14.6. The molecule has 110 valence electrons. The molecule has 0 heterocycles. The van der Waals surface area contributed by atoms with Gasteiger partial charge in [-0.25, -0.2) is 4.79 Å². The van der Waals surface area contributed by atoms with Gasteiger partial charge in [0.15, 0.2) is 0 Å². The summed E-state index contributed by atoms with van der Waals surface area (Å²) in [6.07, 6.45) is 2.41. The zero-order valence-electron chi connectivity index (χ0n) is 12.3. The molecule has 0 radical (unpaired) electrons. The Balaban J connectivity index is 1.78. The molecule has 1 aromatic carbocycles. The number of nitrogens with one attached hydrogen (secondary N) is 2. The molecule has 1 aliphatic carbocycles. The summed E-state index contributed by atoms with van der Waals surface area (Å²) in [6, 6.07) is 7.44. The average Bonchev–Trinajstić information content (AvgIpc) is 3.24. The molecule has 0 saturated heterocycles. The molecule has 0 aliphatic heterocycles. The summed E-state index contributed by atoms with van der Waals surface area (Å²) in [7, 11) is 0. The van der Waals surface area contributed by atoms with Gasteiger partial charge in [0, 0.05) is 13.1 Å². The number of aliphatic hydroxyl groups excluding tert-OH is 1. The topological polar surface area (TPSA) is 61.4 Å². The largest absolute Gasteiger partial charge is 0.392 e. The number of rotatable bonds is 6. The molecule has 4 nitrogen and oxygen atoms in total. The van der Waals surface area contributed by atoms with Crippen molar-refractivity contribution >= 4 is 6.03 Å². The van der Waals surface area contributed by atoms with E-state index >= 15 is 0 Å². The Labute approximate surface area is 120 Å². The number of hydrogen-bond donors (Lipinski definition) is 3. The maximum atomic E-state index is 11.8. The molecule has 0 atom stereocenters. The average molecular weight is 276 g/mol. The molecule has 1 fully saturated rings. The molecule has 2 rings (SSSR count). The van der Waals surface area contributed by atoms with Crippen molar-refractivity contribution in [1.29, 1.82) is 0 Å². The first-order valence-corrected chi connectivity index (χ1v) is 7.27. The number of hydrogen-bond acceptors (Lipinski definition) is 2. The van der Waals surface area contributed by atoms with E-state index in [2.05, 4.69) is 24.5 Å². The van der Waals surface area contributed by atoms with Crippen LogP contribution in [0.15, 0.2) is 24.3 Å². The van der Waals surface area contributed by atoms with Gasteiger partial charge >= 0.3 is 6.03 Å². The second-order valence-corrected chi connectivity index (χ2v) is 5.98. The van der Waals surface area contributed by atoms with Crippen LogP contribution >= 0.6 is 0 Å². The first-order valence-electron chi connectivity index (χ1n) is 7.27. The zero-order valence-corrected chi connectivity index (χ0v) is 12.3. The minimum Gasteiger partial charge on any atom is -0.392 e. The Bertz CT molecular complexity index is 467. The van der Waals surface area contributed by atoms with Crippen molar-refractivity contribution in [3.8, 4) is 0 Å². The fraction of sp³-hybridized carbons (Fsp3) is 0.562. The second kappa shape index (κ2) is 6.27. The first-order chi connectivity index (χ1) is 9.57. The fourth-order valence-corrected chi connectivity index (χ4v) is 2.50. The maximum absolute atomic E-state index is 11.8. The lowest BCUT2D eigenvalue weighted by atomic mass is 9.92. The van der Waals surface area contributed by atoms with Gasteiger partial charge in [0.2, 0.25) is 0 Å². The van der Waals surface area contributed by atoms with Crippen molar-refractivity contribution in [3.63, 3.8) is 0 Å². The van der Waals surface area contributed by atoms with E-state index in [9.17, 15) is 9.90 Å². The highest BCUT2D eigenvalue weighted by Crippen LogP contribution is 2.51. The number of amides is 2. The fourth-order valence-electron chi connectivity index (χ4n) is 2.50. The summed E-state index contributed by atoms with van der Waals surface area (Å²) in [5.74, 6) is 0.609. The van der Waals surface area contributed by atoms with Crippen LogP contribution in [0.25, 0.3) is 0 Å². The van der Waals surface area contributed by atoms with Crippen molar-refractivity contribution in [2.75, 3.05) is 6.54 Å². The Morgan fingerprint density at radius 2 is 1.90 bits per heavy atom. The lowest BCUT2D eigenvalue weighted by molar-refractivity contribution is 0.234. The Morgan fingerprint density at radius 3 is 2.45 bits per heavy atom. The van der Waals surface area contributed by atoms with Crippen LogP contribution in [0.3, 0.4) is 0 Å². The van der Waals surface area contributed by atoms with Gasteiger partial charge in [0.1, 0.15) is 0 Å². The SMILES string of the molecule is CC(C)C1(CNC(=O)NCc2ccccc2CO)CC1. The minimum atomic E-state index is -0.135. The van der Waals surface area contributed by atoms with Gasteiger partial charge in [-0.1, -0.05) is 38.1 Å². The summed E-state index contributed by atoms with van der Waals surface area (Å²) in [5.41, 5.74) is 2.13. The summed E-state index contributed by atoms with van der Waals surface area (Å²) in [4.78, 5) is 11.8. The quantitative estimate of drug-likeness (QED) is 0.747. The van der Waals surface area contributed by atoms with Crippen molar-refractivity contribution in [3.05, 3.63) is 35.4 Å². The van der Waals surface area contributed by atoms with Crippen molar-refractivity contribution in [2.24, 2.45) is 11.3 Å². The van der Waals surface area contributed by atoms with Crippen LogP contribution in [-0.2, 0) is 13.2 Å². The van der Waals surface area contributed by atoms with Crippen LogP contribution in [0.4, 0.5) is 4.79 Å². The number of urea groups is 1. The van der Waals surface area contributed by atoms with E-state index < -0.39 is 0 Å². The van der Waals surface area contributed by atoms with Crippen LogP contribution in [-0.4, -0.2) is 17.7 Å². The molecule has 1 aromatic rings. The van der Waals surface area contributed by atoms with Gasteiger partial charge in [-0.15, -0.1) is 0 Å². The third kappa shape index (κ3) is 3.51. The Hall–Kier alpha value is -1.55. The molecule has 0 spiro atoms. The highest BCUT2D eigenvalue weighted by atomic mass is 16.3. The van der Waals surface area contributed by atoms with Crippen LogP contribution in [0.2, 0.25) is 0 Å². The Kier molecular flexibility index (Phi) is 4.65. The maximum Gasteiger partial charge on any atom is 0.315 e. The van der Waals surface area contributed by atoms with Gasteiger partial charge in [-0.2, -0.15) is 0 Å². The monoisotopic (exact) mass is 276 g/mol. The van der Waals surface area contributed by atoms with Crippen LogP contribution in [0.1, 0.15) is 37.8 Å². The van der Waals surface area contributed by atoms with Crippen LogP contribution in [0.5, 0.6) is 0 Å². The third-order valence-electron chi connectivity index (χ3n) is 4.45. The minimum absolute atomic E-state index is 0.00403. The molecule has 1 aliphatic rings. The number of carbonyl (C=O) groups is 1. The summed E-state index contributed by atoms with van der Waals surface area (Å²) in [6.45, 7) is 5.61. The highest BCUT2D eigenvalue weighted by Gasteiger charge is 2.45. The van der Waals surface area contributed by atoms with E-state index in [-0.39, 0.29) is 12.6 Å².